The number of hydrogen-bond acceptors (Lipinski definition) is 7. The van der Waals surface area contributed by atoms with Crippen LogP contribution in [0.1, 0.15) is 0 Å². The summed E-state index contributed by atoms with van der Waals surface area (Å²) in [5.41, 5.74) is 0.842. The zero-order chi connectivity index (χ0) is 13.8. The fourth-order valence-electron chi connectivity index (χ4n) is 1.55. The number of nitrogens with zero attached hydrogens (tertiary/aromatic N) is 6. The van der Waals surface area contributed by atoms with Gasteiger partial charge in [0.25, 0.3) is 0 Å². The third-order valence-corrected chi connectivity index (χ3v) is 3.31. The first kappa shape index (κ1) is 12.5. The molecule has 7 nitrogen and oxygen atoms in total. The molecule has 0 fully saturated rings. The van der Waals surface area contributed by atoms with Gasteiger partial charge in [0, 0.05) is 12.4 Å². The quantitative estimate of drug-likeness (QED) is 0.674. The standard InChI is InChI=1S/C12H10N6OS/c1-19-10-5-3-9(4-6-10)18-12(15-16-17-18)20-11-13-7-2-8-14-11/h2-8H,1H3. The summed E-state index contributed by atoms with van der Waals surface area (Å²) in [6.07, 6.45) is 3.35. The highest BCUT2D eigenvalue weighted by molar-refractivity contribution is 7.99. The molecule has 0 aliphatic carbocycles. The van der Waals surface area contributed by atoms with Crippen LogP contribution in [0, 0.1) is 0 Å². The monoisotopic (exact) mass is 286 g/mol. The number of benzene rings is 1. The summed E-state index contributed by atoms with van der Waals surface area (Å²) in [7, 11) is 1.63. The van der Waals surface area contributed by atoms with Crippen LogP contribution in [0.2, 0.25) is 0 Å². The SMILES string of the molecule is COc1ccc(-n2nnnc2Sc2ncccn2)cc1. The summed E-state index contributed by atoms with van der Waals surface area (Å²) >= 11 is 1.30. The predicted molar refractivity (Wildman–Crippen MR) is 71.9 cm³/mol. The van der Waals surface area contributed by atoms with Gasteiger partial charge in [-0.25, -0.2) is 9.97 Å². The van der Waals surface area contributed by atoms with Crippen LogP contribution in [0.15, 0.2) is 53.0 Å². The van der Waals surface area contributed by atoms with Crippen molar-refractivity contribution in [3.05, 3.63) is 42.7 Å². The van der Waals surface area contributed by atoms with E-state index in [1.54, 1.807) is 30.3 Å². The maximum atomic E-state index is 5.13. The highest BCUT2D eigenvalue weighted by Crippen LogP contribution is 2.24. The minimum absolute atomic E-state index is 0.595. The van der Waals surface area contributed by atoms with E-state index < -0.39 is 0 Å². The van der Waals surface area contributed by atoms with E-state index >= 15 is 0 Å². The fraction of sp³-hybridized carbons (Fsp3) is 0.0833. The number of hydrogen-bond donors (Lipinski definition) is 0. The van der Waals surface area contributed by atoms with Gasteiger partial charge in [0.1, 0.15) is 5.75 Å². The summed E-state index contributed by atoms with van der Waals surface area (Å²) in [5.74, 6) is 0.780. The molecule has 0 saturated heterocycles. The van der Waals surface area contributed by atoms with Crippen molar-refractivity contribution in [2.24, 2.45) is 0 Å². The molecule has 0 aliphatic heterocycles. The lowest BCUT2D eigenvalue weighted by molar-refractivity contribution is 0.414. The Morgan fingerprint density at radius 1 is 1.10 bits per heavy atom. The number of rotatable bonds is 4. The third-order valence-electron chi connectivity index (χ3n) is 2.48. The zero-order valence-electron chi connectivity index (χ0n) is 10.5. The van der Waals surface area contributed by atoms with Crippen molar-refractivity contribution < 1.29 is 4.74 Å². The van der Waals surface area contributed by atoms with Crippen molar-refractivity contribution in [2.45, 2.75) is 10.3 Å². The highest BCUT2D eigenvalue weighted by Gasteiger charge is 2.11. The van der Waals surface area contributed by atoms with Gasteiger partial charge in [0.2, 0.25) is 5.16 Å². The second kappa shape index (κ2) is 5.66. The second-order valence-corrected chi connectivity index (χ2v) is 4.64. The van der Waals surface area contributed by atoms with Crippen LogP contribution >= 0.6 is 11.8 Å². The van der Waals surface area contributed by atoms with Gasteiger partial charge < -0.3 is 4.74 Å². The molecule has 8 heteroatoms. The van der Waals surface area contributed by atoms with Crippen LogP contribution in [0.3, 0.4) is 0 Å². The van der Waals surface area contributed by atoms with E-state index in [9.17, 15) is 0 Å². The van der Waals surface area contributed by atoms with Crippen molar-refractivity contribution in [1.82, 2.24) is 30.2 Å². The molecule has 0 N–H and O–H groups in total. The predicted octanol–water partition coefficient (Wildman–Crippen LogP) is 1.61. The molecule has 1 aromatic carbocycles. The largest absolute Gasteiger partial charge is 0.497 e. The van der Waals surface area contributed by atoms with E-state index in [0.29, 0.717) is 10.3 Å². The minimum Gasteiger partial charge on any atom is -0.497 e. The van der Waals surface area contributed by atoms with E-state index in [2.05, 4.69) is 25.5 Å². The molecule has 0 atom stereocenters. The molecule has 2 aromatic heterocycles. The van der Waals surface area contributed by atoms with Gasteiger partial charge in [-0.05, 0) is 52.5 Å². The molecule has 3 aromatic rings. The number of aromatic nitrogens is 6. The van der Waals surface area contributed by atoms with E-state index in [-0.39, 0.29) is 0 Å². The molecule has 0 spiro atoms. The van der Waals surface area contributed by atoms with E-state index in [4.69, 9.17) is 4.74 Å². The van der Waals surface area contributed by atoms with Crippen LogP contribution in [-0.2, 0) is 0 Å². The van der Waals surface area contributed by atoms with Gasteiger partial charge >= 0.3 is 0 Å². The van der Waals surface area contributed by atoms with Crippen molar-refractivity contribution in [3.8, 4) is 11.4 Å². The molecule has 3 rings (SSSR count). The highest BCUT2D eigenvalue weighted by atomic mass is 32.2. The first-order chi connectivity index (χ1) is 9.86. The number of ether oxygens (including phenoxy) is 1. The maximum Gasteiger partial charge on any atom is 0.221 e. The molecule has 0 saturated carbocycles. The normalized spacial score (nSPS) is 10.4. The maximum absolute atomic E-state index is 5.13. The minimum atomic E-state index is 0.595. The zero-order valence-corrected chi connectivity index (χ0v) is 11.4. The molecule has 100 valence electrons. The smallest absolute Gasteiger partial charge is 0.221 e. The van der Waals surface area contributed by atoms with Crippen molar-refractivity contribution in [3.63, 3.8) is 0 Å². The molecule has 2 heterocycles. The first-order valence-electron chi connectivity index (χ1n) is 5.74. The third kappa shape index (κ3) is 2.59. The van der Waals surface area contributed by atoms with Crippen molar-refractivity contribution in [2.75, 3.05) is 7.11 Å². The molecule has 0 radical (unpaired) electrons. The Morgan fingerprint density at radius 2 is 1.85 bits per heavy atom. The van der Waals surface area contributed by atoms with Gasteiger partial charge in [-0.1, -0.05) is 0 Å². The average Bonchev–Trinajstić information content (AvgIpc) is 2.96. The first-order valence-corrected chi connectivity index (χ1v) is 6.56. The van der Waals surface area contributed by atoms with Crippen LogP contribution in [0.25, 0.3) is 5.69 Å². The lowest BCUT2D eigenvalue weighted by Crippen LogP contribution is -1.99. The Balaban J connectivity index is 1.89. The van der Waals surface area contributed by atoms with Crippen LogP contribution in [0.5, 0.6) is 5.75 Å². The van der Waals surface area contributed by atoms with Gasteiger partial charge in [0.15, 0.2) is 5.16 Å². The van der Waals surface area contributed by atoms with Crippen LogP contribution < -0.4 is 4.74 Å². The van der Waals surface area contributed by atoms with E-state index in [1.807, 2.05) is 24.3 Å². The van der Waals surface area contributed by atoms with Gasteiger partial charge in [-0.2, -0.15) is 4.68 Å². The Labute approximate surface area is 119 Å². The molecule has 0 unspecified atom stereocenters. The molecular formula is C12H10N6OS. The Hall–Kier alpha value is -2.48. The van der Waals surface area contributed by atoms with Crippen LogP contribution in [0.4, 0.5) is 0 Å². The second-order valence-electron chi connectivity index (χ2n) is 3.70. The summed E-state index contributed by atoms with van der Waals surface area (Å²) < 4.78 is 6.75. The number of tetrazole rings is 1. The molecule has 0 aliphatic rings. The average molecular weight is 286 g/mol. The lowest BCUT2D eigenvalue weighted by atomic mass is 10.3. The van der Waals surface area contributed by atoms with Gasteiger partial charge in [-0.15, -0.1) is 5.10 Å². The molecular weight excluding hydrogens is 276 g/mol. The Kier molecular flexibility index (Phi) is 3.55. The van der Waals surface area contributed by atoms with Crippen molar-refractivity contribution in [1.29, 1.82) is 0 Å². The molecule has 0 bridgehead atoms. The summed E-state index contributed by atoms with van der Waals surface area (Å²) in [6.45, 7) is 0. The molecule has 0 amide bonds. The Morgan fingerprint density at radius 3 is 2.55 bits per heavy atom. The fourth-order valence-corrected chi connectivity index (χ4v) is 2.24. The van der Waals surface area contributed by atoms with Gasteiger partial charge in [-0.3, -0.25) is 0 Å². The van der Waals surface area contributed by atoms with Crippen LogP contribution in [-0.4, -0.2) is 37.3 Å². The van der Waals surface area contributed by atoms with E-state index in [0.717, 1.165) is 11.4 Å². The lowest BCUT2D eigenvalue weighted by Gasteiger charge is -2.04. The molecule has 20 heavy (non-hydrogen) atoms. The van der Waals surface area contributed by atoms with E-state index in [1.165, 1.54) is 11.8 Å². The topological polar surface area (TPSA) is 78.6 Å². The summed E-state index contributed by atoms with van der Waals surface area (Å²) in [5, 5.41) is 12.8. The Bertz CT molecular complexity index is 685. The summed E-state index contributed by atoms with van der Waals surface area (Å²) in [4.78, 5) is 8.28. The van der Waals surface area contributed by atoms with Crippen molar-refractivity contribution >= 4 is 11.8 Å². The number of methoxy groups -OCH3 is 1. The van der Waals surface area contributed by atoms with Gasteiger partial charge in [0.05, 0.1) is 12.8 Å². The summed E-state index contributed by atoms with van der Waals surface area (Å²) in [6, 6.07) is 9.22.